The Balaban J connectivity index is 2.09. The fraction of sp³-hybridized carbons (Fsp3) is 0.0500. The van der Waals surface area contributed by atoms with Gasteiger partial charge in [-0.2, -0.15) is 0 Å². The van der Waals surface area contributed by atoms with Gasteiger partial charge in [-0.15, -0.1) is 0 Å². The predicted octanol–water partition coefficient (Wildman–Crippen LogP) is 5.06. The van der Waals surface area contributed by atoms with Gasteiger partial charge in [0.1, 0.15) is 0 Å². The Kier molecular flexibility index (Phi) is 4.85. The van der Waals surface area contributed by atoms with Crippen molar-refractivity contribution < 1.29 is 9.66 Å². The van der Waals surface area contributed by atoms with Crippen molar-refractivity contribution in [3.8, 4) is 5.75 Å². The van der Waals surface area contributed by atoms with Crippen LogP contribution in [0.5, 0.6) is 5.75 Å². The summed E-state index contributed by atoms with van der Waals surface area (Å²) in [5.74, 6) is 0.476. The summed E-state index contributed by atoms with van der Waals surface area (Å²) in [5.41, 5.74) is 2.36. The van der Waals surface area contributed by atoms with Crippen LogP contribution in [0.3, 0.4) is 0 Å². The Labute approximate surface area is 145 Å². The van der Waals surface area contributed by atoms with Crippen molar-refractivity contribution in [3.05, 3.63) is 100 Å². The first-order chi connectivity index (χ1) is 12.1. The summed E-state index contributed by atoms with van der Waals surface area (Å²) in [7, 11) is 0. The van der Waals surface area contributed by atoms with E-state index in [4.69, 9.17) is 4.74 Å². The standard InChI is InChI=1S/C20H16N2O3/c1-15-9-5-6-12-17(15)20(21-16-10-3-2-4-11-16)25-19-14-8-7-13-18(19)22(23)24/h2-14H,1H3. The van der Waals surface area contributed by atoms with Crippen LogP contribution in [0, 0.1) is 17.0 Å². The van der Waals surface area contributed by atoms with Gasteiger partial charge < -0.3 is 4.74 Å². The molecular formula is C20H16N2O3. The molecule has 25 heavy (non-hydrogen) atoms. The monoisotopic (exact) mass is 332 g/mol. The molecule has 0 bridgehead atoms. The van der Waals surface area contributed by atoms with E-state index < -0.39 is 4.92 Å². The molecule has 0 aromatic heterocycles. The second-order valence-corrected chi connectivity index (χ2v) is 5.39. The first-order valence-corrected chi connectivity index (χ1v) is 7.76. The Hall–Kier alpha value is -3.47. The van der Waals surface area contributed by atoms with Crippen LogP contribution >= 0.6 is 0 Å². The Morgan fingerprint density at radius 1 is 0.920 bits per heavy atom. The number of nitro benzene ring substituents is 1. The van der Waals surface area contributed by atoms with E-state index >= 15 is 0 Å². The molecule has 0 heterocycles. The molecule has 0 aliphatic carbocycles. The van der Waals surface area contributed by atoms with Crippen molar-refractivity contribution in [2.75, 3.05) is 0 Å². The molecule has 0 amide bonds. The summed E-state index contributed by atoms with van der Waals surface area (Å²) >= 11 is 0. The summed E-state index contributed by atoms with van der Waals surface area (Å²) in [5, 5.41) is 11.3. The lowest BCUT2D eigenvalue weighted by atomic mass is 10.1. The molecule has 0 spiro atoms. The highest BCUT2D eigenvalue weighted by Gasteiger charge is 2.18. The van der Waals surface area contributed by atoms with Crippen LogP contribution in [0.4, 0.5) is 11.4 Å². The van der Waals surface area contributed by atoms with Crippen molar-refractivity contribution in [2.45, 2.75) is 6.92 Å². The van der Waals surface area contributed by atoms with E-state index in [0.717, 1.165) is 11.1 Å². The van der Waals surface area contributed by atoms with E-state index in [9.17, 15) is 10.1 Å². The largest absolute Gasteiger partial charge is 0.431 e. The van der Waals surface area contributed by atoms with Crippen LogP contribution in [0.25, 0.3) is 0 Å². The third kappa shape index (κ3) is 3.90. The lowest BCUT2D eigenvalue weighted by molar-refractivity contribution is -0.385. The quantitative estimate of drug-likeness (QED) is 0.290. The van der Waals surface area contributed by atoms with E-state index in [2.05, 4.69) is 4.99 Å². The maximum atomic E-state index is 11.3. The van der Waals surface area contributed by atoms with Gasteiger partial charge in [0.15, 0.2) is 0 Å². The van der Waals surface area contributed by atoms with Crippen molar-refractivity contribution in [3.63, 3.8) is 0 Å². The van der Waals surface area contributed by atoms with Crippen LogP contribution < -0.4 is 4.74 Å². The van der Waals surface area contributed by atoms with E-state index in [-0.39, 0.29) is 11.4 Å². The zero-order valence-corrected chi connectivity index (χ0v) is 13.6. The fourth-order valence-electron chi connectivity index (χ4n) is 2.37. The predicted molar refractivity (Wildman–Crippen MR) is 97.5 cm³/mol. The minimum absolute atomic E-state index is 0.100. The molecule has 0 aliphatic heterocycles. The molecule has 3 aromatic rings. The highest BCUT2D eigenvalue weighted by molar-refractivity contribution is 5.98. The number of rotatable bonds is 4. The van der Waals surface area contributed by atoms with E-state index in [1.807, 2.05) is 61.5 Å². The summed E-state index contributed by atoms with van der Waals surface area (Å²) in [6, 6.07) is 23.2. The molecular weight excluding hydrogens is 316 g/mol. The maximum Gasteiger partial charge on any atom is 0.311 e. The van der Waals surface area contributed by atoms with Gasteiger partial charge in [0.2, 0.25) is 11.6 Å². The summed E-state index contributed by atoms with van der Waals surface area (Å²) < 4.78 is 5.89. The SMILES string of the molecule is Cc1ccccc1C(=Nc1ccccc1)Oc1ccccc1[N+](=O)[O-]. The van der Waals surface area contributed by atoms with Crippen LogP contribution in [0.2, 0.25) is 0 Å². The molecule has 0 saturated heterocycles. The number of benzene rings is 3. The highest BCUT2D eigenvalue weighted by Crippen LogP contribution is 2.28. The van der Waals surface area contributed by atoms with Gasteiger partial charge >= 0.3 is 5.69 Å². The zero-order chi connectivity index (χ0) is 17.6. The molecule has 124 valence electrons. The summed E-state index contributed by atoms with van der Waals surface area (Å²) in [4.78, 5) is 15.3. The van der Waals surface area contributed by atoms with Gasteiger partial charge in [0.05, 0.1) is 10.6 Å². The molecule has 5 nitrogen and oxygen atoms in total. The summed E-state index contributed by atoms with van der Waals surface area (Å²) in [6.45, 7) is 1.94. The minimum Gasteiger partial charge on any atom is -0.431 e. The third-order valence-corrected chi connectivity index (χ3v) is 3.63. The number of ether oxygens (including phenoxy) is 1. The van der Waals surface area contributed by atoms with E-state index in [1.54, 1.807) is 18.2 Å². The minimum atomic E-state index is -0.465. The molecule has 0 atom stereocenters. The number of aryl methyl sites for hydroxylation is 1. The highest BCUT2D eigenvalue weighted by atomic mass is 16.6. The van der Waals surface area contributed by atoms with Gasteiger partial charge in [-0.1, -0.05) is 48.5 Å². The van der Waals surface area contributed by atoms with Gasteiger partial charge in [-0.25, -0.2) is 4.99 Å². The van der Waals surface area contributed by atoms with Crippen LogP contribution in [-0.4, -0.2) is 10.8 Å². The number of hydrogen-bond acceptors (Lipinski definition) is 4. The Bertz CT molecular complexity index is 921. The first-order valence-electron chi connectivity index (χ1n) is 7.76. The molecule has 3 aromatic carbocycles. The lowest BCUT2D eigenvalue weighted by Gasteiger charge is -2.11. The van der Waals surface area contributed by atoms with Crippen LogP contribution in [0.1, 0.15) is 11.1 Å². The van der Waals surface area contributed by atoms with Gasteiger partial charge in [-0.3, -0.25) is 10.1 Å². The van der Waals surface area contributed by atoms with Crippen molar-refractivity contribution >= 4 is 17.3 Å². The van der Waals surface area contributed by atoms with Crippen LogP contribution in [0.15, 0.2) is 83.9 Å². The molecule has 5 heteroatoms. The van der Waals surface area contributed by atoms with Crippen molar-refractivity contribution in [1.82, 2.24) is 0 Å². The average molecular weight is 332 g/mol. The Morgan fingerprint density at radius 3 is 2.28 bits per heavy atom. The molecule has 0 saturated carbocycles. The second kappa shape index (κ2) is 7.40. The lowest BCUT2D eigenvalue weighted by Crippen LogP contribution is -2.12. The number of aliphatic imine (C=N–C) groups is 1. The number of nitro groups is 1. The number of nitrogens with zero attached hydrogens (tertiary/aromatic N) is 2. The molecule has 3 rings (SSSR count). The second-order valence-electron chi connectivity index (χ2n) is 5.39. The van der Waals surface area contributed by atoms with Gasteiger partial charge in [0, 0.05) is 11.6 Å². The van der Waals surface area contributed by atoms with Gasteiger partial charge in [-0.05, 0) is 36.8 Å². The van der Waals surface area contributed by atoms with E-state index in [0.29, 0.717) is 11.6 Å². The molecule has 0 unspecified atom stereocenters. The topological polar surface area (TPSA) is 64.7 Å². The average Bonchev–Trinajstić information content (AvgIpc) is 2.63. The Morgan fingerprint density at radius 2 is 1.56 bits per heavy atom. The fourth-order valence-corrected chi connectivity index (χ4v) is 2.37. The smallest absolute Gasteiger partial charge is 0.311 e. The number of hydrogen-bond donors (Lipinski definition) is 0. The van der Waals surface area contributed by atoms with Crippen LogP contribution in [-0.2, 0) is 0 Å². The maximum absolute atomic E-state index is 11.3. The van der Waals surface area contributed by atoms with Crippen molar-refractivity contribution in [1.29, 1.82) is 0 Å². The third-order valence-electron chi connectivity index (χ3n) is 3.63. The number of para-hydroxylation sites is 3. The molecule has 0 aliphatic rings. The summed E-state index contributed by atoms with van der Waals surface area (Å²) in [6.07, 6.45) is 0. The molecule has 0 radical (unpaired) electrons. The van der Waals surface area contributed by atoms with E-state index in [1.165, 1.54) is 6.07 Å². The first kappa shape index (κ1) is 16.4. The normalized spacial score (nSPS) is 11.2. The zero-order valence-electron chi connectivity index (χ0n) is 13.6. The van der Waals surface area contributed by atoms with Gasteiger partial charge in [0.25, 0.3) is 0 Å². The molecule has 0 N–H and O–H groups in total. The molecule has 0 fully saturated rings. The van der Waals surface area contributed by atoms with Crippen molar-refractivity contribution in [2.24, 2.45) is 4.99 Å².